The van der Waals surface area contributed by atoms with Crippen molar-refractivity contribution in [3.05, 3.63) is 64.4 Å². The predicted molar refractivity (Wildman–Crippen MR) is 110 cm³/mol. The monoisotopic (exact) mass is 419 g/mol. The second kappa shape index (κ2) is 9.24. The summed E-state index contributed by atoms with van der Waals surface area (Å²) in [5, 5.41) is -0.0419. The molecule has 3 rings (SSSR count). The lowest BCUT2D eigenvalue weighted by atomic mass is 10.1. The SMILES string of the molecule is COC(=O)c1ccc(CN(C(=O)N2CCN(C)CC2)c2ccc(F)c(Cl)c2)cc1. The third-order valence-corrected chi connectivity index (χ3v) is 5.22. The Morgan fingerprint density at radius 2 is 1.76 bits per heavy atom. The number of likely N-dealkylation sites (N-methyl/N-ethyl adjacent to an activating group) is 1. The summed E-state index contributed by atoms with van der Waals surface area (Å²) in [5.74, 6) is -0.961. The quantitative estimate of drug-likeness (QED) is 0.710. The van der Waals surface area contributed by atoms with Crippen LogP contribution in [0.3, 0.4) is 0 Å². The first-order valence-corrected chi connectivity index (χ1v) is 9.64. The Balaban J connectivity index is 1.87. The molecule has 0 aliphatic carbocycles. The van der Waals surface area contributed by atoms with E-state index in [9.17, 15) is 14.0 Å². The van der Waals surface area contributed by atoms with Gasteiger partial charge in [-0.25, -0.2) is 14.0 Å². The fraction of sp³-hybridized carbons (Fsp3) is 0.333. The van der Waals surface area contributed by atoms with E-state index in [1.54, 1.807) is 34.1 Å². The number of hydrogen-bond acceptors (Lipinski definition) is 4. The smallest absolute Gasteiger partial charge is 0.337 e. The van der Waals surface area contributed by atoms with Crippen LogP contribution in [0.4, 0.5) is 14.9 Å². The molecule has 2 amide bonds. The Hall–Kier alpha value is -2.64. The van der Waals surface area contributed by atoms with Gasteiger partial charge in [0.05, 0.1) is 24.2 Å². The molecule has 6 nitrogen and oxygen atoms in total. The van der Waals surface area contributed by atoms with Crippen molar-refractivity contribution in [2.75, 3.05) is 45.2 Å². The van der Waals surface area contributed by atoms with Crippen molar-refractivity contribution in [1.29, 1.82) is 0 Å². The van der Waals surface area contributed by atoms with Crippen molar-refractivity contribution in [2.45, 2.75) is 6.54 Å². The third-order valence-electron chi connectivity index (χ3n) is 4.94. The van der Waals surface area contributed by atoms with E-state index >= 15 is 0 Å². The fourth-order valence-electron chi connectivity index (χ4n) is 3.14. The van der Waals surface area contributed by atoms with Crippen molar-refractivity contribution >= 4 is 29.3 Å². The van der Waals surface area contributed by atoms with E-state index in [1.165, 1.54) is 25.3 Å². The van der Waals surface area contributed by atoms with Gasteiger partial charge in [-0.2, -0.15) is 0 Å². The third kappa shape index (κ3) is 5.05. The molecular weight excluding hydrogens is 397 g/mol. The van der Waals surface area contributed by atoms with Gasteiger partial charge in [0.2, 0.25) is 0 Å². The molecule has 0 radical (unpaired) electrons. The molecule has 2 aromatic carbocycles. The van der Waals surface area contributed by atoms with E-state index in [2.05, 4.69) is 4.90 Å². The molecule has 1 aliphatic rings. The van der Waals surface area contributed by atoms with Gasteiger partial charge in [0.1, 0.15) is 5.82 Å². The number of carbonyl (C=O) groups is 2. The number of nitrogens with zero attached hydrogens (tertiary/aromatic N) is 3. The normalized spacial score (nSPS) is 14.6. The van der Waals surface area contributed by atoms with E-state index in [4.69, 9.17) is 16.3 Å². The summed E-state index contributed by atoms with van der Waals surface area (Å²) in [6.45, 7) is 3.06. The number of rotatable bonds is 4. The Kier molecular flexibility index (Phi) is 6.71. The van der Waals surface area contributed by atoms with E-state index in [0.717, 1.165) is 18.7 Å². The molecule has 1 heterocycles. The Bertz CT molecular complexity index is 883. The number of amides is 2. The summed E-state index contributed by atoms with van der Waals surface area (Å²) >= 11 is 5.96. The van der Waals surface area contributed by atoms with Gasteiger partial charge >= 0.3 is 12.0 Å². The molecule has 0 aromatic heterocycles. The summed E-state index contributed by atoms with van der Waals surface area (Å²) in [5.41, 5.74) is 1.76. The second-order valence-electron chi connectivity index (χ2n) is 6.95. The first kappa shape index (κ1) is 21.1. The van der Waals surface area contributed by atoms with Crippen molar-refractivity contribution in [2.24, 2.45) is 0 Å². The maximum Gasteiger partial charge on any atom is 0.337 e. The Labute approximate surface area is 174 Å². The van der Waals surface area contributed by atoms with Crippen LogP contribution in [0.25, 0.3) is 0 Å². The molecule has 0 atom stereocenters. The average molecular weight is 420 g/mol. The number of anilines is 1. The van der Waals surface area contributed by atoms with Gasteiger partial charge in [-0.15, -0.1) is 0 Å². The number of benzene rings is 2. The number of hydrogen-bond donors (Lipinski definition) is 0. The number of esters is 1. The van der Waals surface area contributed by atoms with E-state index < -0.39 is 11.8 Å². The molecule has 1 saturated heterocycles. The molecule has 2 aromatic rings. The van der Waals surface area contributed by atoms with Gasteiger partial charge < -0.3 is 14.5 Å². The second-order valence-corrected chi connectivity index (χ2v) is 7.35. The molecule has 8 heteroatoms. The molecule has 1 aliphatic heterocycles. The Morgan fingerprint density at radius 3 is 2.34 bits per heavy atom. The van der Waals surface area contributed by atoms with Gasteiger partial charge in [0.15, 0.2) is 0 Å². The van der Waals surface area contributed by atoms with E-state index in [-0.39, 0.29) is 17.6 Å². The highest BCUT2D eigenvalue weighted by Crippen LogP contribution is 2.25. The summed E-state index contributed by atoms with van der Waals surface area (Å²) in [7, 11) is 3.34. The highest BCUT2D eigenvalue weighted by molar-refractivity contribution is 6.31. The fourth-order valence-corrected chi connectivity index (χ4v) is 3.31. The van der Waals surface area contributed by atoms with Crippen LogP contribution in [0.5, 0.6) is 0 Å². The zero-order valence-corrected chi connectivity index (χ0v) is 17.2. The number of halogens is 2. The average Bonchev–Trinajstić information content (AvgIpc) is 2.74. The summed E-state index contributed by atoms with van der Waals surface area (Å²) in [6.07, 6.45) is 0. The molecule has 0 bridgehead atoms. The standard InChI is InChI=1S/C21H23ClFN3O3/c1-24-9-11-25(12-10-24)21(28)26(17-7-8-19(23)18(22)13-17)14-15-3-5-16(6-4-15)20(27)29-2/h3-8,13H,9-12,14H2,1-2H3. The number of carbonyl (C=O) groups excluding carboxylic acids is 2. The van der Waals surface area contributed by atoms with E-state index in [0.29, 0.717) is 24.3 Å². The lowest BCUT2D eigenvalue weighted by molar-refractivity contribution is 0.0600. The lowest BCUT2D eigenvalue weighted by Gasteiger charge is -2.36. The highest BCUT2D eigenvalue weighted by atomic mass is 35.5. The van der Waals surface area contributed by atoms with Gasteiger partial charge in [0.25, 0.3) is 0 Å². The molecule has 29 heavy (non-hydrogen) atoms. The molecule has 0 N–H and O–H groups in total. The van der Waals surface area contributed by atoms with Gasteiger partial charge in [-0.3, -0.25) is 4.90 Å². The predicted octanol–water partition coefficient (Wildman–Crippen LogP) is 3.64. The van der Waals surface area contributed by atoms with Gasteiger partial charge in [-0.1, -0.05) is 23.7 Å². The zero-order chi connectivity index (χ0) is 21.0. The van der Waals surface area contributed by atoms with Crippen LogP contribution in [-0.2, 0) is 11.3 Å². The topological polar surface area (TPSA) is 53.1 Å². The maximum absolute atomic E-state index is 13.6. The summed E-state index contributed by atoms with van der Waals surface area (Å²) in [4.78, 5) is 30.4. The summed E-state index contributed by atoms with van der Waals surface area (Å²) in [6, 6.07) is 10.9. The van der Waals surface area contributed by atoms with Crippen LogP contribution in [0.15, 0.2) is 42.5 Å². The highest BCUT2D eigenvalue weighted by Gasteiger charge is 2.26. The van der Waals surface area contributed by atoms with Gasteiger partial charge in [-0.05, 0) is 42.9 Å². The number of ether oxygens (including phenoxy) is 1. The van der Waals surface area contributed by atoms with Crippen molar-refractivity contribution in [1.82, 2.24) is 9.80 Å². The molecule has 154 valence electrons. The Morgan fingerprint density at radius 1 is 1.10 bits per heavy atom. The van der Waals surface area contributed by atoms with Crippen LogP contribution in [-0.4, -0.2) is 62.1 Å². The van der Waals surface area contributed by atoms with Crippen LogP contribution in [0.1, 0.15) is 15.9 Å². The van der Waals surface area contributed by atoms with Crippen LogP contribution in [0, 0.1) is 5.82 Å². The van der Waals surface area contributed by atoms with Crippen LogP contribution in [0.2, 0.25) is 5.02 Å². The van der Waals surface area contributed by atoms with Crippen LogP contribution >= 0.6 is 11.6 Å². The molecule has 0 spiro atoms. The first-order valence-electron chi connectivity index (χ1n) is 9.26. The minimum Gasteiger partial charge on any atom is -0.465 e. The van der Waals surface area contributed by atoms with Crippen LogP contribution < -0.4 is 4.90 Å². The van der Waals surface area contributed by atoms with E-state index in [1.807, 2.05) is 7.05 Å². The zero-order valence-electron chi connectivity index (χ0n) is 16.4. The largest absolute Gasteiger partial charge is 0.465 e. The van der Waals surface area contributed by atoms with Crippen molar-refractivity contribution in [3.63, 3.8) is 0 Å². The number of methoxy groups -OCH3 is 1. The summed E-state index contributed by atoms with van der Waals surface area (Å²) < 4.78 is 18.4. The molecule has 0 saturated carbocycles. The molecular formula is C21H23ClFN3O3. The molecule has 0 unspecified atom stereocenters. The minimum absolute atomic E-state index is 0.0419. The van der Waals surface area contributed by atoms with Crippen molar-refractivity contribution < 1.29 is 18.7 Å². The lowest BCUT2D eigenvalue weighted by Crippen LogP contribution is -2.51. The maximum atomic E-state index is 13.6. The van der Waals surface area contributed by atoms with Crippen molar-refractivity contribution in [3.8, 4) is 0 Å². The first-order chi connectivity index (χ1) is 13.9. The number of piperazine rings is 1. The number of urea groups is 1. The minimum atomic E-state index is -0.537. The van der Waals surface area contributed by atoms with Gasteiger partial charge in [0, 0.05) is 31.9 Å². The molecule has 1 fully saturated rings.